The van der Waals surface area contributed by atoms with Gasteiger partial charge in [-0.2, -0.15) is 0 Å². The van der Waals surface area contributed by atoms with Gasteiger partial charge >= 0.3 is 0 Å². The number of benzene rings is 2. The molecule has 0 amide bonds. The van der Waals surface area contributed by atoms with Crippen molar-refractivity contribution in [2.75, 3.05) is 0 Å². The van der Waals surface area contributed by atoms with E-state index in [0.29, 0.717) is 11.5 Å². The van der Waals surface area contributed by atoms with E-state index < -0.39 is 0 Å². The van der Waals surface area contributed by atoms with E-state index in [1.54, 1.807) is 0 Å². The fourth-order valence-corrected chi connectivity index (χ4v) is 2.43. The van der Waals surface area contributed by atoms with Crippen LogP contribution < -0.4 is 4.74 Å². The lowest BCUT2D eigenvalue weighted by Crippen LogP contribution is -1.87. The smallest absolute Gasteiger partial charge is 0.140 e. The molecule has 0 unspecified atom stereocenters. The highest BCUT2D eigenvalue weighted by molar-refractivity contribution is 7.81. The van der Waals surface area contributed by atoms with Crippen molar-refractivity contribution in [3.05, 3.63) is 36.4 Å². The molecule has 5 heteroatoms. The molecule has 0 saturated carbocycles. The second-order valence-corrected chi connectivity index (χ2v) is 5.40. The summed E-state index contributed by atoms with van der Waals surface area (Å²) in [4.78, 5) is 3.17. The molecule has 0 saturated heterocycles. The molecule has 0 fully saturated rings. The molecule has 0 spiro atoms. The zero-order valence-electron chi connectivity index (χ0n) is 8.66. The van der Waals surface area contributed by atoms with Gasteiger partial charge in [0.1, 0.15) is 11.5 Å². The number of rotatable bonds is 2. The largest absolute Gasteiger partial charge is 0.455 e. The lowest BCUT2D eigenvalue weighted by atomic mass is 10.3. The summed E-state index contributed by atoms with van der Waals surface area (Å²) in [5.41, 5.74) is 0. The van der Waals surface area contributed by atoms with Crippen LogP contribution in [0.3, 0.4) is 0 Å². The normalized spacial score (nSPS) is 10.4. The van der Waals surface area contributed by atoms with E-state index >= 15 is 0 Å². The van der Waals surface area contributed by atoms with E-state index in [-0.39, 0.29) is 0 Å². The topological polar surface area (TPSA) is 9.23 Å². The number of hydrogen-bond acceptors (Lipinski definition) is 5. The predicted molar refractivity (Wildman–Crippen MR) is 82.0 cm³/mol. The summed E-state index contributed by atoms with van der Waals surface area (Å²) < 4.78 is 5.73. The van der Waals surface area contributed by atoms with Gasteiger partial charge in [-0.1, -0.05) is 0 Å². The minimum absolute atomic E-state index is 0.674. The minimum atomic E-state index is 0.674. The maximum Gasteiger partial charge on any atom is 0.140 e. The Morgan fingerprint density at radius 1 is 0.647 bits per heavy atom. The van der Waals surface area contributed by atoms with Crippen LogP contribution in [-0.2, 0) is 0 Å². The molecule has 88 valence electrons. The van der Waals surface area contributed by atoms with Crippen molar-refractivity contribution in [3.63, 3.8) is 0 Å². The van der Waals surface area contributed by atoms with Gasteiger partial charge in [0.15, 0.2) is 0 Å². The molecule has 1 nitrogen and oxygen atoms in total. The molecule has 0 heterocycles. The van der Waals surface area contributed by atoms with Crippen molar-refractivity contribution in [1.82, 2.24) is 0 Å². The first-order chi connectivity index (χ1) is 8.06. The summed E-state index contributed by atoms with van der Waals surface area (Å²) in [6, 6.07) is 11.0. The van der Waals surface area contributed by atoms with Crippen LogP contribution >= 0.6 is 50.5 Å². The Balaban J connectivity index is 2.31. The third-order valence-corrected chi connectivity index (χ3v) is 3.36. The van der Waals surface area contributed by atoms with Crippen LogP contribution in [0.2, 0.25) is 0 Å². The van der Waals surface area contributed by atoms with Gasteiger partial charge in [0.25, 0.3) is 0 Å². The Bertz CT molecular complexity index is 505. The average Bonchev–Trinajstić information content (AvgIpc) is 2.25. The van der Waals surface area contributed by atoms with Gasteiger partial charge in [0.05, 0.1) is 0 Å². The zero-order chi connectivity index (χ0) is 12.4. The maximum atomic E-state index is 5.73. The van der Waals surface area contributed by atoms with E-state index in [9.17, 15) is 0 Å². The summed E-state index contributed by atoms with van der Waals surface area (Å²) in [6.07, 6.45) is 0. The van der Waals surface area contributed by atoms with Gasteiger partial charge in [-0.05, 0) is 36.4 Å². The highest BCUT2D eigenvalue weighted by Crippen LogP contribution is 2.33. The molecule has 0 atom stereocenters. The lowest BCUT2D eigenvalue weighted by molar-refractivity contribution is 0.459. The van der Waals surface area contributed by atoms with Crippen molar-refractivity contribution in [1.29, 1.82) is 0 Å². The zero-order valence-corrected chi connectivity index (χ0v) is 12.2. The maximum absolute atomic E-state index is 5.73. The van der Waals surface area contributed by atoms with Crippen molar-refractivity contribution in [2.45, 2.75) is 19.6 Å². The number of hydrogen-bond donors (Lipinski definition) is 4. The molecule has 0 aliphatic carbocycles. The Labute approximate surface area is 122 Å². The van der Waals surface area contributed by atoms with Gasteiger partial charge in [0.2, 0.25) is 0 Å². The molecule has 0 aliphatic heterocycles. The van der Waals surface area contributed by atoms with Gasteiger partial charge in [-0.15, -0.1) is 50.5 Å². The monoisotopic (exact) mass is 298 g/mol. The van der Waals surface area contributed by atoms with Crippen LogP contribution in [0.4, 0.5) is 0 Å². The molecular formula is C12H10OS4. The van der Waals surface area contributed by atoms with Crippen LogP contribution in [0, 0.1) is 0 Å². The number of thiol groups is 4. The van der Waals surface area contributed by atoms with E-state index in [0.717, 1.165) is 19.6 Å². The molecule has 0 radical (unpaired) electrons. The van der Waals surface area contributed by atoms with E-state index in [4.69, 9.17) is 4.74 Å². The molecule has 0 bridgehead atoms. The van der Waals surface area contributed by atoms with Gasteiger partial charge in [-0.25, -0.2) is 0 Å². The van der Waals surface area contributed by atoms with Crippen molar-refractivity contribution in [2.24, 2.45) is 0 Å². The van der Waals surface area contributed by atoms with Crippen LogP contribution in [-0.4, -0.2) is 0 Å². The second kappa shape index (κ2) is 5.52. The lowest BCUT2D eigenvalue weighted by Gasteiger charge is -2.10. The minimum Gasteiger partial charge on any atom is -0.455 e. The highest BCUT2D eigenvalue weighted by atomic mass is 32.1. The number of ether oxygens (including phenoxy) is 1. The molecule has 0 aliphatic rings. The third kappa shape index (κ3) is 3.31. The Hall–Kier alpha value is -0.360. The quantitative estimate of drug-likeness (QED) is 0.591. The van der Waals surface area contributed by atoms with E-state index in [1.165, 1.54) is 0 Å². The fraction of sp³-hybridized carbons (Fsp3) is 0. The standard InChI is InChI=1S/C12H10OS4/c14-7-1-3-9(11(16)5-7)13-10-4-2-8(15)6-12(10)17/h1-6,14-17H. The van der Waals surface area contributed by atoms with Crippen LogP contribution in [0.1, 0.15) is 0 Å². The second-order valence-electron chi connectivity index (χ2n) is 3.41. The third-order valence-electron chi connectivity index (χ3n) is 2.10. The molecule has 2 aromatic carbocycles. The van der Waals surface area contributed by atoms with Gasteiger partial charge < -0.3 is 4.74 Å². The van der Waals surface area contributed by atoms with Crippen LogP contribution in [0.5, 0.6) is 11.5 Å². The van der Waals surface area contributed by atoms with Crippen LogP contribution in [0.15, 0.2) is 56.0 Å². The highest BCUT2D eigenvalue weighted by Gasteiger charge is 2.05. The molecule has 17 heavy (non-hydrogen) atoms. The van der Waals surface area contributed by atoms with Gasteiger partial charge in [0, 0.05) is 19.6 Å². The van der Waals surface area contributed by atoms with Crippen molar-refractivity contribution < 1.29 is 4.74 Å². The predicted octanol–water partition coefficient (Wildman–Crippen LogP) is 4.63. The molecule has 2 aromatic rings. The summed E-state index contributed by atoms with van der Waals surface area (Å²) in [7, 11) is 0. The van der Waals surface area contributed by atoms with Gasteiger partial charge in [-0.3, -0.25) is 0 Å². The molecule has 2 rings (SSSR count). The fourth-order valence-electron chi connectivity index (χ4n) is 1.30. The summed E-state index contributed by atoms with van der Waals surface area (Å²) >= 11 is 17.1. The SMILES string of the molecule is Sc1ccc(Oc2ccc(S)cc2S)c(S)c1. The first-order valence-corrected chi connectivity index (χ1v) is 6.57. The summed E-state index contributed by atoms with van der Waals surface area (Å²) in [6.45, 7) is 0. The first kappa shape index (κ1) is 13.1. The van der Waals surface area contributed by atoms with Crippen LogP contribution in [0.25, 0.3) is 0 Å². The molecular weight excluding hydrogens is 288 g/mol. The molecule has 0 N–H and O–H groups in total. The Kier molecular flexibility index (Phi) is 4.25. The van der Waals surface area contributed by atoms with E-state index in [2.05, 4.69) is 50.5 Å². The average molecular weight is 298 g/mol. The van der Waals surface area contributed by atoms with Crippen molar-refractivity contribution >= 4 is 50.5 Å². The Morgan fingerprint density at radius 2 is 1.06 bits per heavy atom. The summed E-state index contributed by atoms with van der Waals surface area (Å²) in [5, 5.41) is 0. The Morgan fingerprint density at radius 3 is 1.41 bits per heavy atom. The van der Waals surface area contributed by atoms with Crippen molar-refractivity contribution in [3.8, 4) is 11.5 Å². The molecule has 0 aromatic heterocycles. The summed E-state index contributed by atoms with van der Waals surface area (Å²) in [5.74, 6) is 1.35. The first-order valence-electron chi connectivity index (χ1n) is 4.78. The van der Waals surface area contributed by atoms with E-state index in [1.807, 2.05) is 36.4 Å².